The largest absolute Gasteiger partial charge is 0.302 e. The average Bonchev–Trinajstić information content (AvgIpc) is 2.28. The van der Waals surface area contributed by atoms with E-state index in [1.54, 1.807) is 0 Å². The van der Waals surface area contributed by atoms with Crippen molar-refractivity contribution in [3.63, 3.8) is 0 Å². The highest BCUT2D eigenvalue weighted by atomic mass is 79.9. The van der Waals surface area contributed by atoms with Crippen molar-refractivity contribution in [2.24, 2.45) is 5.92 Å². The Balaban J connectivity index is 2.45. The first-order chi connectivity index (χ1) is 8.15. The lowest BCUT2D eigenvalue weighted by molar-refractivity contribution is 0.273. The molecule has 1 aromatic carbocycles. The van der Waals surface area contributed by atoms with Crippen LogP contribution in [0.25, 0.3) is 0 Å². The van der Waals surface area contributed by atoms with Gasteiger partial charge in [-0.1, -0.05) is 41.4 Å². The van der Waals surface area contributed by atoms with E-state index in [1.165, 1.54) is 18.4 Å². The van der Waals surface area contributed by atoms with E-state index in [2.05, 4.69) is 71.7 Å². The van der Waals surface area contributed by atoms with Crippen LogP contribution < -0.4 is 0 Å². The maximum Gasteiger partial charge on any atom is 0.0231 e. The molecule has 0 radical (unpaired) electrons. The summed E-state index contributed by atoms with van der Waals surface area (Å²) in [6.45, 7) is 4.38. The number of thiol groups is 1. The molecule has 0 aliphatic heterocycles. The second-order valence-corrected chi connectivity index (χ2v) is 5.94. The van der Waals surface area contributed by atoms with Gasteiger partial charge in [0, 0.05) is 17.6 Å². The van der Waals surface area contributed by atoms with Crippen molar-refractivity contribution in [1.29, 1.82) is 0 Å². The molecule has 96 valence electrons. The summed E-state index contributed by atoms with van der Waals surface area (Å²) in [4.78, 5) is 2.39. The van der Waals surface area contributed by atoms with Gasteiger partial charge >= 0.3 is 0 Å². The molecule has 1 rings (SSSR count). The van der Waals surface area contributed by atoms with E-state index in [4.69, 9.17) is 0 Å². The van der Waals surface area contributed by atoms with E-state index in [1.807, 2.05) is 0 Å². The molecule has 1 nitrogen and oxygen atoms in total. The molecule has 3 heteroatoms. The highest BCUT2D eigenvalue weighted by Crippen LogP contribution is 2.15. The maximum atomic E-state index is 4.43. The Morgan fingerprint density at radius 1 is 1.41 bits per heavy atom. The third-order valence-corrected chi connectivity index (χ3v) is 3.88. The normalized spacial score (nSPS) is 13.0. The fraction of sp³-hybridized carbons (Fsp3) is 0.571. The standard InChI is InChI=1S/C14H22BrNS/c1-3-5-13(11-17)10-16(2)9-12-6-4-7-14(15)8-12/h4,6-8,13,17H,3,5,9-11H2,1-2H3. The zero-order chi connectivity index (χ0) is 12.7. The lowest BCUT2D eigenvalue weighted by Gasteiger charge is -2.22. The van der Waals surface area contributed by atoms with Crippen LogP contribution in [0.3, 0.4) is 0 Å². The smallest absolute Gasteiger partial charge is 0.0231 e. The predicted molar refractivity (Wildman–Crippen MR) is 82.7 cm³/mol. The van der Waals surface area contributed by atoms with Crippen LogP contribution in [0.15, 0.2) is 28.7 Å². The zero-order valence-corrected chi connectivity index (χ0v) is 13.2. The van der Waals surface area contributed by atoms with Crippen molar-refractivity contribution in [2.45, 2.75) is 26.3 Å². The van der Waals surface area contributed by atoms with Gasteiger partial charge in [0.2, 0.25) is 0 Å². The molecule has 0 spiro atoms. The summed E-state index contributed by atoms with van der Waals surface area (Å²) in [6.07, 6.45) is 2.52. The predicted octanol–water partition coefficient (Wildman–Crippen LogP) is 4.23. The first-order valence-corrected chi connectivity index (χ1v) is 7.62. The SMILES string of the molecule is CCCC(CS)CN(C)Cc1cccc(Br)c1. The van der Waals surface area contributed by atoms with Gasteiger partial charge in [0.05, 0.1) is 0 Å². The van der Waals surface area contributed by atoms with Crippen LogP contribution in [0, 0.1) is 5.92 Å². The summed E-state index contributed by atoms with van der Waals surface area (Å²) < 4.78 is 1.16. The molecule has 0 bridgehead atoms. The quantitative estimate of drug-likeness (QED) is 0.737. The Morgan fingerprint density at radius 3 is 2.76 bits per heavy atom. The summed E-state index contributed by atoms with van der Waals surface area (Å²) in [5.41, 5.74) is 1.36. The average molecular weight is 316 g/mol. The minimum absolute atomic E-state index is 0.709. The molecule has 0 fully saturated rings. The summed E-state index contributed by atoms with van der Waals surface area (Å²) in [6, 6.07) is 8.52. The van der Waals surface area contributed by atoms with Gasteiger partial charge in [-0.2, -0.15) is 12.6 Å². The van der Waals surface area contributed by atoms with Crippen molar-refractivity contribution >= 4 is 28.6 Å². The molecule has 1 atom stereocenters. The molecule has 0 aliphatic carbocycles. The topological polar surface area (TPSA) is 3.24 Å². The Morgan fingerprint density at radius 2 is 2.18 bits per heavy atom. The number of benzene rings is 1. The molecule has 0 amide bonds. The van der Waals surface area contributed by atoms with Gasteiger partial charge in [0.1, 0.15) is 0 Å². The van der Waals surface area contributed by atoms with Crippen LogP contribution >= 0.6 is 28.6 Å². The van der Waals surface area contributed by atoms with Gasteiger partial charge in [-0.15, -0.1) is 0 Å². The Hall–Kier alpha value is 0.01000. The third kappa shape index (κ3) is 5.94. The van der Waals surface area contributed by atoms with E-state index in [0.29, 0.717) is 5.92 Å². The van der Waals surface area contributed by atoms with Crippen molar-refractivity contribution in [3.05, 3.63) is 34.3 Å². The van der Waals surface area contributed by atoms with Gasteiger partial charge in [0.25, 0.3) is 0 Å². The molecule has 17 heavy (non-hydrogen) atoms. The van der Waals surface area contributed by atoms with Crippen molar-refractivity contribution < 1.29 is 0 Å². The highest BCUT2D eigenvalue weighted by Gasteiger charge is 2.09. The fourth-order valence-corrected chi connectivity index (χ4v) is 2.85. The molecule has 0 heterocycles. The van der Waals surface area contributed by atoms with Crippen LogP contribution in [0.4, 0.5) is 0 Å². The fourth-order valence-electron chi connectivity index (χ4n) is 2.10. The summed E-state index contributed by atoms with van der Waals surface area (Å²) >= 11 is 7.94. The minimum atomic E-state index is 0.709. The molecule has 1 aromatic rings. The Kier molecular flexibility index (Phi) is 7.24. The van der Waals surface area contributed by atoms with Crippen molar-refractivity contribution in [2.75, 3.05) is 19.3 Å². The van der Waals surface area contributed by atoms with Gasteiger partial charge in [-0.25, -0.2) is 0 Å². The molecular formula is C14H22BrNS. The van der Waals surface area contributed by atoms with Gasteiger partial charge in [-0.05, 0) is 42.8 Å². The molecular weight excluding hydrogens is 294 g/mol. The van der Waals surface area contributed by atoms with E-state index in [-0.39, 0.29) is 0 Å². The number of rotatable bonds is 7. The molecule has 0 N–H and O–H groups in total. The van der Waals surface area contributed by atoms with Gasteiger partial charge in [-0.3, -0.25) is 0 Å². The lowest BCUT2D eigenvalue weighted by atomic mass is 10.1. The highest BCUT2D eigenvalue weighted by molar-refractivity contribution is 9.10. The summed E-state index contributed by atoms with van der Waals surface area (Å²) in [5, 5.41) is 0. The number of nitrogens with zero attached hydrogens (tertiary/aromatic N) is 1. The van der Waals surface area contributed by atoms with E-state index >= 15 is 0 Å². The first kappa shape index (κ1) is 15.1. The van der Waals surface area contributed by atoms with Crippen molar-refractivity contribution in [1.82, 2.24) is 4.90 Å². The number of hydrogen-bond donors (Lipinski definition) is 1. The molecule has 0 saturated heterocycles. The second kappa shape index (κ2) is 8.17. The Labute approximate surface area is 119 Å². The summed E-state index contributed by atoms with van der Waals surface area (Å²) in [5.74, 6) is 1.69. The lowest BCUT2D eigenvalue weighted by Crippen LogP contribution is -2.26. The maximum absolute atomic E-state index is 4.43. The van der Waals surface area contributed by atoms with Crippen LogP contribution in [0.1, 0.15) is 25.3 Å². The third-order valence-electron chi connectivity index (χ3n) is 2.87. The number of halogens is 1. The second-order valence-electron chi connectivity index (χ2n) is 4.66. The summed E-state index contributed by atoms with van der Waals surface area (Å²) in [7, 11) is 2.19. The monoisotopic (exact) mass is 315 g/mol. The van der Waals surface area contributed by atoms with Gasteiger partial charge in [0.15, 0.2) is 0 Å². The molecule has 1 unspecified atom stereocenters. The van der Waals surface area contributed by atoms with Crippen molar-refractivity contribution in [3.8, 4) is 0 Å². The van der Waals surface area contributed by atoms with Crippen LogP contribution in [-0.4, -0.2) is 24.2 Å². The van der Waals surface area contributed by atoms with Gasteiger partial charge < -0.3 is 4.90 Å². The van der Waals surface area contributed by atoms with Crippen LogP contribution in [-0.2, 0) is 6.54 Å². The molecule has 0 saturated carbocycles. The van der Waals surface area contributed by atoms with E-state index in [0.717, 1.165) is 23.3 Å². The number of hydrogen-bond acceptors (Lipinski definition) is 2. The van der Waals surface area contributed by atoms with E-state index in [9.17, 15) is 0 Å². The van der Waals surface area contributed by atoms with Crippen LogP contribution in [0.5, 0.6) is 0 Å². The first-order valence-electron chi connectivity index (χ1n) is 6.19. The Bertz CT molecular complexity index is 330. The van der Waals surface area contributed by atoms with Crippen LogP contribution in [0.2, 0.25) is 0 Å². The molecule has 0 aliphatic rings. The molecule has 0 aromatic heterocycles. The van der Waals surface area contributed by atoms with E-state index < -0.39 is 0 Å². The minimum Gasteiger partial charge on any atom is -0.302 e. The zero-order valence-electron chi connectivity index (χ0n) is 10.7.